The van der Waals surface area contributed by atoms with Crippen molar-refractivity contribution in [2.24, 2.45) is 0 Å². The zero-order valence-corrected chi connectivity index (χ0v) is 14.5. The summed E-state index contributed by atoms with van der Waals surface area (Å²) < 4.78 is 6.50. The van der Waals surface area contributed by atoms with Crippen molar-refractivity contribution in [3.05, 3.63) is 63.9 Å². The molecule has 1 aromatic carbocycles. The summed E-state index contributed by atoms with van der Waals surface area (Å²) in [5.74, 6) is -0.396. The van der Waals surface area contributed by atoms with Crippen LogP contribution in [0.2, 0.25) is 0 Å². The maximum atomic E-state index is 12.8. The lowest BCUT2D eigenvalue weighted by atomic mass is 9.85. The number of nitrogens with zero attached hydrogens (tertiary/aromatic N) is 2. The van der Waals surface area contributed by atoms with Crippen molar-refractivity contribution in [2.75, 3.05) is 13.1 Å². The van der Waals surface area contributed by atoms with Crippen molar-refractivity contribution in [3.8, 4) is 0 Å². The summed E-state index contributed by atoms with van der Waals surface area (Å²) in [6, 6.07) is 9.20. The summed E-state index contributed by atoms with van der Waals surface area (Å²) in [7, 11) is 0. The van der Waals surface area contributed by atoms with Crippen molar-refractivity contribution in [3.63, 3.8) is 0 Å². The normalized spacial score (nSPS) is 22.4. The van der Waals surface area contributed by atoms with Crippen LogP contribution in [-0.2, 0) is 10.3 Å². The molecule has 0 N–H and O–H groups in total. The number of carbonyl (C=O) groups is 2. The highest BCUT2D eigenvalue weighted by Crippen LogP contribution is 2.42. The molecule has 2 aromatic rings. The van der Waals surface area contributed by atoms with Crippen molar-refractivity contribution in [2.45, 2.75) is 18.4 Å². The summed E-state index contributed by atoms with van der Waals surface area (Å²) in [6.07, 6.45) is 4.72. The molecule has 0 bridgehead atoms. The number of aromatic nitrogens is 1. The maximum Gasteiger partial charge on any atom is 0.339 e. The van der Waals surface area contributed by atoms with Gasteiger partial charge in [-0.25, -0.2) is 4.79 Å². The summed E-state index contributed by atoms with van der Waals surface area (Å²) in [4.78, 5) is 30.8. The number of hydrogen-bond donors (Lipinski definition) is 0. The van der Waals surface area contributed by atoms with Crippen LogP contribution in [0.4, 0.5) is 0 Å². The van der Waals surface area contributed by atoms with Gasteiger partial charge in [0.25, 0.3) is 5.91 Å². The molecule has 1 spiro atoms. The first-order chi connectivity index (χ1) is 11.6. The highest BCUT2D eigenvalue weighted by atomic mass is 79.9. The first-order valence-electron chi connectivity index (χ1n) is 7.82. The summed E-state index contributed by atoms with van der Waals surface area (Å²) >= 11 is 3.34. The van der Waals surface area contributed by atoms with E-state index in [0.717, 1.165) is 22.9 Å². The number of hydrogen-bond acceptors (Lipinski definition) is 4. The van der Waals surface area contributed by atoms with E-state index in [1.807, 2.05) is 18.2 Å². The standard InChI is InChI=1S/C18H15BrN2O3/c19-13-8-12(9-20-10-13)16(22)21-7-3-6-18(11-21)15-5-2-1-4-14(15)17(23)24-18/h1-2,4-5,8-10H,3,6-7,11H2/t18-/m1/s1. The van der Waals surface area contributed by atoms with Crippen LogP contribution in [0.1, 0.15) is 39.1 Å². The van der Waals surface area contributed by atoms with Crippen LogP contribution in [0, 0.1) is 0 Å². The van der Waals surface area contributed by atoms with Gasteiger partial charge in [-0.1, -0.05) is 18.2 Å². The van der Waals surface area contributed by atoms with Crippen LogP contribution < -0.4 is 0 Å². The van der Waals surface area contributed by atoms with Gasteiger partial charge in [0.15, 0.2) is 5.60 Å². The Morgan fingerprint density at radius 2 is 2.12 bits per heavy atom. The van der Waals surface area contributed by atoms with Crippen LogP contribution >= 0.6 is 15.9 Å². The highest BCUT2D eigenvalue weighted by molar-refractivity contribution is 9.10. The molecule has 2 aliphatic heterocycles. The van der Waals surface area contributed by atoms with Gasteiger partial charge in [-0.3, -0.25) is 9.78 Å². The molecule has 1 saturated heterocycles. The molecule has 0 aliphatic carbocycles. The fraction of sp³-hybridized carbons (Fsp3) is 0.278. The topological polar surface area (TPSA) is 59.5 Å². The van der Waals surface area contributed by atoms with Crippen LogP contribution in [0.3, 0.4) is 0 Å². The smallest absolute Gasteiger partial charge is 0.339 e. The second kappa shape index (κ2) is 5.70. The van der Waals surface area contributed by atoms with Crippen LogP contribution in [-0.4, -0.2) is 34.8 Å². The molecule has 0 radical (unpaired) electrons. The summed E-state index contributed by atoms with van der Waals surface area (Å²) in [5.41, 5.74) is 1.30. The van der Waals surface area contributed by atoms with E-state index in [2.05, 4.69) is 20.9 Å². The van der Waals surface area contributed by atoms with Gasteiger partial charge in [0.05, 0.1) is 17.7 Å². The van der Waals surface area contributed by atoms with E-state index >= 15 is 0 Å². The molecule has 0 unspecified atom stereocenters. The predicted octanol–water partition coefficient (Wildman–Crippen LogP) is 3.15. The van der Waals surface area contributed by atoms with E-state index < -0.39 is 5.60 Å². The number of amides is 1. The Bertz CT molecular complexity index is 839. The van der Waals surface area contributed by atoms with Gasteiger partial charge in [-0.15, -0.1) is 0 Å². The Hall–Kier alpha value is -2.21. The van der Waals surface area contributed by atoms with Gasteiger partial charge in [0, 0.05) is 29.0 Å². The molecule has 1 aromatic heterocycles. The van der Waals surface area contributed by atoms with Crippen LogP contribution in [0.15, 0.2) is 47.2 Å². The SMILES string of the molecule is O=C1O[C@@]2(CCCN(C(=O)c3cncc(Br)c3)C2)c2ccccc21. The second-order valence-corrected chi connectivity index (χ2v) is 7.07. The van der Waals surface area contributed by atoms with Gasteiger partial charge in [-0.2, -0.15) is 0 Å². The predicted molar refractivity (Wildman–Crippen MR) is 90.6 cm³/mol. The fourth-order valence-corrected chi connectivity index (χ4v) is 3.92. The molecule has 122 valence electrons. The highest BCUT2D eigenvalue weighted by Gasteiger charge is 2.48. The van der Waals surface area contributed by atoms with E-state index in [-0.39, 0.29) is 11.9 Å². The minimum Gasteiger partial charge on any atom is -0.449 e. The number of fused-ring (bicyclic) bond motifs is 2. The molecule has 5 nitrogen and oxygen atoms in total. The fourth-order valence-electron chi connectivity index (χ4n) is 3.56. The lowest BCUT2D eigenvalue weighted by molar-refractivity contribution is -0.0442. The zero-order valence-electron chi connectivity index (χ0n) is 12.9. The average molecular weight is 387 g/mol. The van der Waals surface area contributed by atoms with Crippen LogP contribution in [0.5, 0.6) is 0 Å². The number of halogens is 1. The Morgan fingerprint density at radius 1 is 1.29 bits per heavy atom. The first kappa shape index (κ1) is 15.3. The van der Waals surface area contributed by atoms with E-state index in [9.17, 15) is 9.59 Å². The van der Waals surface area contributed by atoms with Crippen molar-refractivity contribution in [1.82, 2.24) is 9.88 Å². The number of ether oxygens (including phenoxy) is 1. The third kappa shape index (κ3) is 2.41. The van der Waals surface area contributed by atoms with Crippen molar-refractivity contribution < 1.29 is 14.3 Å². The average Bonchev–Trinajstić information content (AvgIpc) is 2.86. The lowest BCUT2D eigenvalue weighted by Gasteiger charge is -2.39. The quantitative estimate of drug-likeness (QED) is 0.706. The Labute approximate surface area is 147 Å². The number of esters is 1. The molecule has 2 aliphatic rings. The Morgan fingerprint density at radius 3 is 2.96 bits per heavy atom. The molecular weight excluding hydrogens is 372 g/mol. The number of pyridine rings is 1. The Kier molecular flexibility index (Phi) is 3.64. The molecule has 4 rings (SSSR count). The molecular formula is C18H15BrN2O3. The van der Waals surface area contributed by atoms with E-state index in [1.165, 1.54) is 0 Å². The Balaban J connectivity index is 1.65. The van der Waals surface area contributed by atoms with Gasteiger partial charge in [0.2, 0.25) is 0 Å². The van der Waals surface area contributed by atoms with Gasteiger partial charge in [0.1, 0.15) is 0 Å². The maximum absolute atomic E-state index is 12.8. The largest absolute Gasteiger partial charge is 0.449 e. The molecule has 3 heterocycles. The number of carbonyl (C=O) groups excluding carboxylic acids is 2. The number of rotatable bonds is 1. The lowest BCUT2D eigenvalue weighted by Crippen LogP contribution is -2.48. The van der Waals surface area contributed by atoms with Crippen molar-refractivity contribution >= 4 is 27.8 Å². The number of piperidine rings is 1. The molecule has 1 atom stereocenters. The minimum atomic E-state index is -0.721. The second-order valence-electron chi connectivity index (χ2n) is 6.15. The van der Waals surface area contributed by atoms with E-state index in [4.69, 9.17) is 4.74 Å². The molecule has 6 heteroatoms. The summed E-state index contributed by atoms with van der Waals surface area (Å²) in [5, 5.41) is 0. The monoisotopic (exact) mass is 386 g/mol. The number of likely N-dealkylation sites (tertiary alicyclic amines) is 1. The molecule has 24 heavy (non-hydrogen) atoms. The number of benzene rings is 1. The zero-order chi connectivity index (χ0) is 16.7. The van der Waals surface area contributed by atoms with Gasteiger partial charge >= 0.3 is 5.97 Å². The van der Waals surface area contributed by atoms with Gasteiger partial charge < -0.3 is 9.64 Å². The van der Waals surface area contributed by atoms with Gasteiger partial charge in [-0.05, 0) is 40.9 Å². The third-order valence-electron chi connectivity index (χ3n) is 4.62. The van der Waals surface area contributed by atoms with Crippen LogP contribution in [0.25, 0.3) is 0 Å². The van der Waals surface area contributed by atoms with E-state index in [0.29, 0.717) is 24.2 Å². The minimum absolute atomic E-state index is 0.0942. The van der Waals surface area contributed by atoms with E-state index in [1.54, 1.807) is 29.4 Å². The first-order valence-corrected chi connectivity index (χ1v) is 8.61. The third-order valence-corrected chi connectivity index (χ3v) is 5.05. The summed E-state index contributed by atoms with van der Waals surface area (Å²) in [6.45, 7) is 1.02. The molecule has 0 saturated carbocycles. The molecule has 1 fully saturated rings. The van der Waals surface area contributed by atoms with Crippen molar-refractivity contribution in [1.29, 1.82) is 0 Å². The molecule has 1 amide bonds.